The van der Waals surface area contributed by atoms with Crippen molar-refractivity contribution in [2.24, 2.45) is 0 Å². The highest BCUT2D eigenvalue weighted by Gasteiger charge is 2.28. The van der Waals surface area contributed by atoms with Crippen LogP contribution < -0.4 is 4.90 Å². The average molecular weight is 802 g/mol. The second-order valence-corrected chi connectivity index (χ2v) is 16.8. The second kappa shape index (κ2) is 13.9. The van der Waals surface area contributed by atoms with Crippen molar-refractivity contribution < 1.29 is 0 Å². The largest absolute Gasteiger partial charge is 0.306 e. The van der Waals surface area contributed by atoms with Gasteiger partial charge in [-0.1, -0.05) is 164 Å². The lowest BCUT2D eigenvalue weighted by atomic mass is 9.84. The molecule has 1 aliphatic heterocycles. The number of rotatable bonds is 5. The van der Waals surface area contributed by atoms with Crippen molar-refractivity contribution in [3.63, 3.8) is 0 Å². The van der Waals surface area contributed by atoms with Crippen LogP contribution >= 0.6 is 0 Å². The Morgan fingerprint density at radius 3 is 1.52 bits per heavy atom. The van der Waals surface area contributed by atoms with E-state index in [0.29, 0.717) is 0 Å². The maximum Gasteiger partial charge on any atom is 0.111 e. The van der Waals surface area contributed by atoms with Gasteiger partial charge in [0, 0.05) is 5.69 Å². The maximum atomic E-state index is 4.97. The van der Waals surface area contributed by atoms with E-state index < -0.39 is 0 Å². The van der Waals surface area contributed by atoms with E-state index in [9.17, 15) is 0 Å². The van der Waals surface area contributed by atoms with Crippen molar-refractivity contribution in [1.82, 2.24) is 9.55 Å². The lowest BCUT2D eigenvalue weighted by molar-refractivity contribution is 0.982. The molecule has 1 aliphatic rings. The average Bonchev–Trinajstić information content (AvgIpc) is 3.69. The first-order valence-electron chi connectivity index (χ1n) is 21.7. The molecule has 0 bridgehead atoms. The molecule has 2 heterocycles. The number of anilines is 3. The summed E-state index contributed by atoms with van der Waals surface area (Å²) in [4.78, 5) is 7.35. The van der Waals surface area contributed by atoms with Gasteiger partial charge in [0.05, 0.1) is 28.1 Å². The van der Waals surface area contributed by atoms with Crippen LogP contribution in [0.3, 0.4) is 0 Å². The van der Waals surface area contributed by atoms with E-state index >= 15 is 0 Å². The lowest BCUT2D eigenvalue weighted by Crippen LogP contribution is -2.18. The number of nitrogens with zero attached hydrogens (tertiary/aromatic N) is 3. The van der Waals surface area contributed by atoms with Gasteiger partial charge in [0.2, 0.25) is 0 Å². The van der Waals surface area contributed by atoms with Gasteiger partial charge in [0.1, 0.15) is 5.82 Å². The lowest BCUT2D eigenvalue weighted by Gasteiger charge is -2.33. The Kier molecular flexibility index (Phi) is 7.82. The molecule has 13 rings (SSSR count). The SMILES string of the molecule is Cc1nc2cccc3c2n1-c1ccc(-c2ccc(-c4ccc5c(-c6ccc7ccccc7c6)c6ccccc6c(-c6ccc7ccccc7c6)c5c4)cc2)cc1N3c1ccccc1. The van der Waals surface area contributed by atoms with Crippen molar-refractivity contribution in [1.29, 1.82) is 0 Å². The first-order valence-corrected chi connectivity index (χ1v) is 21.7. The highest BCUT2D eigenvalue weighted by Crippen LogP contribution is 2.49. The zero-order valence-electron chi connectivity index (χ0n) is 34.6. The van der Waals surface area contributed by atoms with Gasteiger partial charge in [0.15, 0.2) is 0 Å². The zero-order valence-corrected chi connectivity index (χ0v) is 34.6. The van der Waals surface area contributed by atoms with E-state index in [1.54, 1.807) is 0 Å². The Bertz CT molecular complexity index is 3800. The third kappa shape index (κ3) is 5.57. The summed E-state index contributed by atoms with van der Waals surface area (Å²) in [6.07, 6.45) is 0. The molecule has 0 aliphatic carbocycles. The first-order chi connectivity index (χ1) is 31.1. The number of aryl methyl sites for hydroxylation is 1. The van der Waals surface area contributed by atoms with Gasteiger partial charge in [-0.15, -0.1) is 0 Å². The van der Waals surface area contributed by atoms with Crippen molar-refractivity contribution in [3.8, 4) is 50.2 Å². The van der Waals surface area contributed by atoms with Crippen LogP contribution in [0.2, 0.25) is 0 Å². The highest BCUT2D eigenvalue weighted by molar-refractivity contribution is 6.22. The summed E-state index contributed by atoms with van der Waals surface area (Å²) in [6.45, 7) is 2.10. The topological polar surface area (TPSA) is 21.1 Å². The fourth-order valence-corrected chi connectivity index (χ4v) is 10.3. The predicted molar refractivity (Wildman–Crippen MR) is 266 cm³/mol. The number of para-hydroxylation sites is 2. The molecule has 0 fully saturated rings. The summed E-state index contributed by atoms with van der Waals surface area (Å²) in [5.74, 6) is 0.986. The van der Waals surface area contributed by atoms with Crippen LogP contribution in [0.1, 0.15) is 5.82 Å². The molecule has 12 aromatic rings. The summed E-state index contributed by atoms with van der Waals surface area (Å²) in [5.41, 5.74) is 16.3. The molecule has 0 N–H and O–H groups in total. The molecular formula is C60H39N3. The number of aromatic nitrogens is 2. The van der Waals surface area contributed by atoms with E-state index in [1.807, 2.05) is 0 Å². The first kappa shape index (κ1) is 35.5. The van der Waals surface area contributed by atoms with Crippen LogP contribution in [0, 0.1) is 6.92 Å². The molecule has 0 radical (unpaired) electrons. The Morgan fingerprint density at radius 1 is 0.333 bits per heavy atom. The van der Waals surface area contributed by atoms with Crippen LogP contribution in [0.15, 0.2) is 218 Å². The van der Waals surface area contributed by atoms with Crippen molar-refractivity contribution in [3.05, 3.63) is 224 Å². The number of hydrogen-bond acceptors (Lipinski definition) is 2. The molecule has 1 aromatic heterocycles. The van der Waals surface area contributed by atoms with E-state index in [4.69, 9.17) is 4.98 Å². The van der Waals surface area contributed by atoms with Gasteiger partial charge in [-0.3, -0.25) is 4.57 Å². The predicted octanol–water partition coefficient (Wildman–Crippen LogP) is 16.4. The van der Waals surface area contributed by atoms with E-state index in [2.05, 4.69) is 235 Å². The summed E-state index contributed by atoms with van der Waals surface area (Å²) < 4.78 is 2.31. The van der Waals surface area contributed by atoms with Gasteiger partial charge in [-0.25, -0.2) is 4.98 Å². The van der Waals surface area contributed by atoms with Crippen LogP contribution in [0.25, 0.3) is 104 Å². The number of fused-ring (bicyclic) bond motifs is 6. The molecule has 0 amide bonds. The smallest absolute Gasteiger partial charge is 0.111 e. The van der Waals surface area contributed by atoms with Gasteiger partial charge in [-0.2, -0.15) is 0 Å². The minimum absolute atomic E-state index is 0.986. The molecule has 11 aromatic carbocycles. The fraction of sp³-hybridized carbons (Fsp3) is 0.0167. The van der Waals surface area contributed by atoms with Crippen molar-refractivity contribution in [2.75, 3.05) is 4.90 Å². The molecule has 0 spiro atoms. The highest BCUT2D eigenvalue weighted by atomic mass is 15.2. The summed E-state index contributed by atoms with van der Waals surface area (Å²) in [7, 11) is 0. The Labute approximate surface area is 365 Å². The Hall–Kier alpha value is -8.27. The van der Waals surface area contributed by atoms with Gasteiger partial charge in [0.25, 0.3) is 0 Å². The Balaban J connectivity index is 0.969. The van der Waals surface area contributed by atoms with E-state index in [-0.39, 0.29) is 0 Å². The summed E-state index contributed by atoms with van der Waals surface area (Å²) in [6, 6.07) is 80.3. The zero-order chi connectivity index (χ0) is 41.6. The molecule has 0 atom stereocenters. The summed E-state index contributed by atoms with van der Waals surface area (Å²) >= 11 is 0. The van der Waals surface area contributed by atoms with Crippen LogP contribution in [0.4, 0.5) is 17.1 Å². The fourth-order valence-electron chi connectivity index (χ4n) is 10.3. The van der Waals surface area contributed by atoms with Gasteiger partial charge < -0.3 is 4.90 Å². The quantitative estimate of drug-likeness (QED) is 0.162. The minimum Gasteiger partial charge on any atom is -0.306 e. The van der Waals surface area contributed by atoms with Crippen molar-refractivity contribution in [2.45, 2.75) is 6.92 Å². The van der Waals surface area contributed by atoms with E-state index in [1.165, 1.54) is 87.6 Å². The third-order valence-electron chi connectivity index (χ3n) is 13.2. The molecular weight excluding hydrogens is 763 g/mol. The second-order valence-electron chi connectivity index (χ2n) is 16.8. The monoisotopic (exact) mass is 801 g/mol. The molecule has 0 saturated carbocycles. The number of hydrogen-bond donors (Lipinski definition) is 0. The van der Waals surface area contributed by atoms with Crippen LogP contribution in [-0.2, 0) is 0 Å². The van der Waals surface area contributed by atoms with E-state index in [0.717, 1.165) is 39.6 Å². The molecule has 0 saturated heterocycles. The third-order valence-corrected chi connectivity index (χ3v) is 13.2. The number of benzene rings is 11. The standard InChI is InChI=1S/C60H39N3/c1-38-61-54-20-11-21-56-60(54)62(38)55-33-31-46(37-57(55)63(56)49-16-3-2-4-17-49)42-24-22-41(23-25-42)45-30-32-52-53(36-45)59(48-29-27-40-13-6-8-15-44(40)35-48)51-19-10-9-18-50(51)58(52)47-28-26-39-12-5-7-14-43(39)34-47/h2-37H,1H3. The Morgan fingerprint density at radius 2 is 0.857 bits per heavy atom. The normalized spacial score (nSPS) is 12.2. The van der Waals surface area contributed by atoms with Gasteiger partial charge >= 0.3 is 0 Å². The molecule has 63 heavy (non-hydrogen) atoms. The van der Waals surface area contributed by atoms with Crippen LogP contribution in [0.5, 0.6) is 0 Å². The van der Waals surface area contributed by atoms with Gasteiger partial charge in [-0.05, 0) is 149 Å². The number of imidazole rings is 1. The summed E-state index contributed by atoms with van der Waals surface area (Å²) in [5, 5.41) is 9.98. The molecule has 3 heteroatoms. The maximum absolute atomic E-state index is 4.97. The minimum atomic E-state index is 0.986. The van der Waals surface area contributed by atoms with Crippen molar-refractivity contribution >= 4 is 71.2 Å². The molecule has 3 nitrogen and oxygen atoms in total. The molecule has 0 unspecified atom stereocenters. The molecule has 294 valence electrons. The van der Waals surface area contributed by atoms with Crippen LogP contribution in [-0.4, -0.2) is 9.55 Å².